The van der Waals surface area contributed by atoms with Crippen LogP contribution < -0.4 is 0 Å². The average Bonchev–Trinajstić information content (AvgIpc) is 3.01. The highest BCUT2D eigenvalue weighted by Crippen LogP contribution is 2.45. The van der Waals surface area contributed by atoms with Gasteiger partial charge in [0.15, 0.2) is 0 Å². The molecule has 0 radical (unpaired) electrons. The summed E-state index contributed by atoms with van der Waals surface area (Å²) in [6.07, 6.45) is 0.0795. The van der Waals surface area contributed by atoms with Crippen LogP contribution in [0.2, 0.25) is 0 Å². The number of hydrogen-bond donors (Lipinski definition) is 0. The third-order valence-electron chi connectivity index (χ3n) is 4.81. The Morgan fingerprint density at radius 1 is 1.42 bits per heavy atom. The van der Waals surface area contributed by atoms with Gasteiger partial charge in [-0.1, -0.05) is 5.16 Å². The molecule has 0 aromatic carbocycles. The highest BCUT2D eigenvalue weighted by molar-refractivity contribution is 5.85. The quantitative estimate of drug-likeness (QED) is 0.814. The van der Waals surface area contributed by atoms with Crippen LogP contribution in [0.3, 0.4) is 0 Å². The normalized spacial score (nSPS) is 27.3. The minimum Gasteiger partial charge on any atom is -0.383 e. The van der Waals surface area contributed by atoms with Gasteiger partial charge in [0.1, 0.15) is 5.76 Å². The lowest BCUT2D eigenvalue weighted by Gasteiger charge is -2.42. The number of methoxy groups -OCH3 is 1. The van der Waals surface area contributed by atoms with E-state index in [9.17, 15) is 13.6 Å². The lowest BCUT2D eigenvalue weighted by molar-refractivity contribution is -0.155. The molecule has 2 fully saturated rings. The number of likely N-dealkylation sites (tertiary alicyclic amines) is 2. The van der Waals surface area contributed by atoms with Crippen LogP contribution in [0.5, 0.6) is 0 Å². The molecule has 134 valence electrons. The number of piperidine rings is 1. The lowest BCUT2D eigenvalue weighted by Crippen LogP contribution is -2.55. The van der Waals surface area contributed by atoms with Crippen molar-refractivity contribution in [2.24, 2.45) is 5.41 Å². The van der Waals surface area contributed by atoms with Gasteiger partial charge in [0, 0.05) is 45.8 Å². The topological polar surface area (TPSA) is 58.8 Å². The van der Waals surface area contributed by atoms with Crippen molar-refractivity contribution in [1.29, 1.82) is 0 Å². The number of nitrogens with zero attached hydrogens (tertiary/aromatic N) is 3. The van der Waals surface area contributed by atoms with Crippen molar-refractivity contribution in [3.8, 4) is 0 Å². The number of carbonyl (C=O) groups excluding carboxylic acids is 1. The van der Waals surface area contributed by atoms with E-state index >= 15 is 0 Å². The van der Waals surface area contributed by atoms with Crippen molar-refractivity contribution in [1.82, 2.24) is 15.0 Å². The molecular formula is C16H23F2N3O3. The van der Waals surface area contributed by atoms with E-state index in [2.05, 4.69) is 5.16 Å². The fourth-order valence-corrected chi connectivity index (χ4v) is 3.87. The van der Waals surface area contributed by atoms with Gasteiger partial charge < -0.3 is 14.2 Å². The van der Waals surface area contributed by atoms with Crippen LogP contribution in [-0.2, 0) is 16.1 Å². The summed E-state index contributed by atoms with van der Waals surface area (Å²) in [5.41, 5.74) is -0.393. The van der Waals surface area contributed by atoms with E-state index in [4.69, 9.17) is 9.26 Å². The van der Waals surface area contributed by atoms with E-state index in [1.807, 2.05) is 0 Å². The predicted molar refractivity (Wildman–Crippen MR) is 81.6 cm³/mol. The molecule has 1 spiro atoms. The summed E-state index contributed by atoms with van der Waals surface area (Å²) in [4.78, 5) is 16.0. The molecule has 1 atom stereocenters. The van der Waals surface area contributed by atoms with Crippen molar-refractivity contribution in [3.05, 3.63) is 17.5 Å². The fraction of sp³-hybridized carbons (Fsp3) is 0.750. The van der Waals surface area contributed by atoms with Crippen LogP contribution >= 0.6 is 0 Å². The maximum Gasteiger partial charge on any atom is 0.261 e. The standard InChI is InChI=1S/C16H23F2N3O3/c1-12-7-13(19-24-12)8-20-10-15(9-16(17,18)11-20)3-4-21(14(15)22)5-6-23-2/h7H,3-6,8-11H2,1-2H3/t15-/m1/s1. The lowest BCUT2D eigenvalue weighted by atomic mass is 9.77. The Bertz CT molecular complexity index is 607. The number of hydrogen-bond acceptors (Lipinski definition) is 5. The van der Waals surface area contributed by atoms with E-state index in [-0.39, 0.29) is 25.4 Å². The van der Waals surface area contributed by atoms with E-state index in [1.165, 1.54) is 0 Å². The number of ether oxygens (including phenoxy) is 1. The highest BCUT2D eigenvalue weighted by Gasteiger charge is 2.56. The number of rotatable bonds is 5. The first kappa shape index (κ1) is 17.3. The van der Waals surface area contributed by atoms with Crippen LogP contribution in [0.4, 0.5) is 8.78 Å². The maximum absolute atomic E-state index is 14.3. The van der Waals surface area contributed by atoms with Gasteiger partial charge >= 0.3 is 0 Å². The molecule has 0 unspecified atom stereocenters. The third-order valence-corrected chi connectivity index (χ3v) is 4.81. The summed E-state index contributed by atoms with van der Waals surface area (Å²) < 4.78 is 38.7. The van der Waals surface area contributed by atoms with Crippen LogP contribution in [0.25, 0.3) is 0 Å². The van der Waals surface area contributed by atoms with Gasteiger partial charge in [0.05, 0.1) is 24.3 Å². The molecule has 8 heteroatoms. The second-order valence-corrected chi connectivity index (χ2v) is 6.92. The number of aryl methyl sites for hydroxylation is 1. The minimum absolute atomic E-state index is 0.180. The Balaban J connectivity index is 1.74. The predicted octanol–water partition coefficient (Wildman–Crippen LogP) is 1.69. The smallest absolute Gasteiger partial charge is 0.261 e. The minimum atomic E-state index is -2.88. The van der Waals surface area contributed by atoms with Gasteiger partial charge in [-0.2, -0.15) is 0 Å². The van der Waals surface area contributed by atoms with Gasteiger partial charge in [-0.05, 0) is 13.3 Å². The molecule has 6 nitrogen and oxygen atoms in total. The number of halogens is 2. The molecule has 0 N–H and O–H groups in total. The van der Waals surface area contributed by atoms with Crippen molar-refractivity contribution in [3.63, 3.8) is 0 Å². The molecule has 0 saturated carbocycles. The fourth-order valence-electron chi connectivity index (χ4n) is 3.87. The van der Waals surface area contributed by atoms with Gasteiger partial charge in [-0.15, -0.1) is 0 Å². The van der Waals surface area contributed by atoms with Crippen molar-refractivity contribution < 1.29 is 22.8 Å². The zero-order valence-electron chi connectivity index (χ0n) is 14.1. The zero-order chi connectivity index (χ0) is 17.4. The van der Waals surface area contributed by atoms with E-state index < -0.39 is 11.3 Å². The van der Waals surface area contributed by atoms with Crippen LogP contribution in [0.1, 0.15) is 24.3 Å². The second-order valence-electron chi connectivity index (χ2n) is 6.92. The molecule has 1 amide bonds. The average molecular weight is 343 g/mol. The summed E-state index contributed by atoms with van der Waals surface area (Å²) in [6, 6.07) is 1.74. The van der Waals surface area contributed by atoms with Gasteiger partial charge in [0.2, 0.25) is 5.91 Å². The molecule has 2 aliphatic rings. The molecule has 0 bridgehead atoms. The van der Waals surface area contributed by atoms with E-state index in [0.717, 1.165) is 0 Å². The molecule has 1 aromatic rings. The molecule has 3 heterocycles. The van der Waals surface area contributed by atoms with Crippen molar-refractivity contribution in [2.45, 2.75) is 32.2 Å². The molecule has 3 rings (SSSR count). The first-order chi connectivity index (χ1) is 11.3. The van der Waals surface area contributed by atoms with Gasteiger partial charge in [-0.3, -0.25) is 9.69 Å². The van der Waals surface area contributed by atoms with Crippen molar-refractivity contribution >= 4 is 5.91 Å². The monoisotopic (exact) mass is 343 g/mol. The van der Waals surface area contributed by atoms with Crippen LogP contribution in [-0.4, -0.2) is 66.7 Å². The Kier molecular flexibility index (Phi) is 4.61. The molecule has 1 aromatic heterocycles. The summed E-state index contributed by atoms with van der Waals surface area (Å²) in [6.45, 7) is 3.38. The number of aromatic nitrogens is 1. The van der Waals surface area contributed by atoms with Crippen LogP contribution in [0, 0.1) is 12.3 Å². The third kappa shape index (κ3) is 3.44. The Hall–Kier alpha value is -1.54. The number of carbonyl (C=O) groups is 1. The van der Waals surface area contributed by atoms with E-state index in [1.54, 1.807) is 29.9 Å². The van der Waals surface area contributed by atoms with E-state index in [0.29, 0.717) is 44.1 Å². The Morgan fingerprint density at radius 3 is 2.88 bits per heavy atom. The molecule has 0 aliphatic carbocycles. The zero-order valence-corrected chi connectivity index (χ0v) is 14.1. The second kappa shape index (κ2) is 6.40. The molecule has 2 aliphatic heterocycles. The Labute approximate surface area is 139 Å². The Morgan fingerprint density at radius 2 is 2.21 bits per heavy atom. The molecule has 2 saturated heterocycles. The molecule has 24 heavy (non-hydrogen) atoms. The van der Waals surface area contributed by atoms with Crippen LogP contribution in [0.15, 0.2) is 10.6 Å². The SMILES string of the molecule is COCCN1CC[C@@]2(CN(Cc3cc(C)on3)CC(F)(F)C2)C1=O. The summed E-state index contributed by atoms with van der Waals surface area (Å²) >= 11 is 0. The molecular weight excluding hydrogens is 320 g/mol. The number of alkyl halides is 2. The first-order valence-corrected chi connectivity index (χ1v) is 8.14. The van der Waals surface area contributed by atoms with Gasteiger partial charge in [0.25, 0.3) is 5.92 Å². The largest absolute Gasteiger partial charge is 0.383 e. The summed E-state index contributed by atoms with van der Waals surface area (Å²) in [5, 5.41) is 3.87. The van der Waals surface area contributed by atoms with Gasteiger partial charge in [-0.25, -0.2) is 8.78 Å². The summed E-state index contributed by atoms with van der Waals surface area (Å²) in [5.74, 6) is -2.42. The highest BCUT2D eigenvalue weighted by atomic mass is 19.3. The number of amides is 1. The first-order valence-electron chi connectivity index (χ1n) is 8.14. The summed E-state index contributed by atoms with van der Waals surface area (Å²) in [7, 11) is 1.56. The maximum atomic E-state index is 14.3. The van der Waals surface area contributed by atoms with Crippen molar-refractivity contribution in [2.75, 3.05) is 39.9 Å².